The van der Waals surface area contributed by atoms with Crippen LogP contribution in [0.25, 0.3) is 11.2 Å². The molecule has 2 atom stereocenters. The smallest absolute Gasteiger partial charge is 0.332 e. The average molecular weight is 416 g/mol. The topological polar surface area (TPSA) is 65.1 Å². The van der Waals surface area contributed by atoms with Crippen LogP contribution < -0.4 is 16.1 Å². The number of benzene rings is 1. The van der Waals surface area contributed by atoms with Crippen molar-refractivity contribution >= 4 is 28.7 Å². The van der Waals surface area contributed by atoms with E-state index in [0.717, 1.165) is 29.2 Å². The van der Waals surface area contributed by atoms with Gasteiger partial charge < -0.3 is 4.90 Å². The molecular formula is C21H26ClN5O2. The molecule has 1 aliphatic heterocycles. The van der Waals surface area contributed by atoms with Gasteiger partial charge in [-0.1, -0.05) is 37.6 Å². The van der Waals surface area contributed by atoms with Gasteiger partial charge in [0.2, 0.25) is 5.95 Å². The summed E-state index contributed by atoms with van der Waals surface area (Å²) < 4.78 is 4.55. The summed E-state index contributed by atoms with van der Waals surface area (Å²) in [4.78, 5) is 32.5. The number of anilines is 1. The van der Waals surface area contributed by atoms with E-state index < -0.39 is 0 Å². The molecule has 0 aliphatic carbocycles. The first-order chi connectivity index (χ1) is 13.8. The molecule has 0 N–H and O–H groups in total. The van der Waals surface area contributed by atoms with Crippen molar-refractivity contribution < 1.29 is 0 Å². The molecule has 4 rings (SSSR count). The van der Waals surface area contributed by atoms with Crippen molar-refractivity contribution in [1.29, 1.82) is 0 Å². The van der Waals surface area contributed by atoms with E-state index in [2.05, 4.69) is 18.7 Å². The number of piperidine rings is 1. The molecule has 2 unspecified atom stereocenters. The first-order valence-electron chi connectivity index (χ1n) is 9.92. The number of rotatable bonds is 3. The second-order valence-electron chi connectivity index (χ2n) is 8.35. The van der Waals surface area contributed by atoms with Crippen LogP contribution >= 0.6 is 11.6 Å². The van der Waals surface area contributed by atoms with E-state index in [4.69, 9.17) is 16.6 Å². The summed E-state index contributed by atoms with van der Waals surface area (Å²) in [6, 6.07) is 7.58. The molecular weight excluding hydrogens is 390 g/mol. The van der Waals surface area contributed by atoms with Crippen molar-refractivity contribution in [2.45, 2.75) is 26.8 Å². The zero-order valence-corrected chi connectivity index (χ0v) is 18.0. The van der Waals surface area contributed by atoms with Crippen LogP contribution in [-0.4, -0.2) is 31.8 Å². The van der Waals surface area contributed by atoms with Crippen molar-refractivity contribution in [3.8, 4) is 0 Å². The van der Waals surface area contributed by atoms with Crippen molar-refractivity contribution in [3.63, 3.8) is 0 Å². The fourth-order valence-corrected chi connectivity index (χ4v) is 4.55. The van der Waals surface area contributed by atoms with Gasteiger partial charge in [0.15, 0.2) is 11.2 Å². The van der Waals surface area contributed by atoms with Gasteiger partial charge in [0.1, 0.15) is 0 Å². The summed E-state index contributed by atoms with van der Waals surface area (Å²) in [5.41, 5.74) is 1.20. The van der Waals surface area contributed by atoms with Gasteiger partial charge in [0.25, 0.3) is 5.56 Å². The third-order valence-electron chi connectivity index (χ3n) is 5.73. The molecule has 154 valence electrons. The van der Waals surface area contributed by atoms with E-state index in [1.807, 2.05) is 28.8 Å². The van der Waals surface area contributed by atoms with Crippen LogP contribution in [0.15, 0.2) is 33.9 Å². The average Bonchev–Trinajstić information content (AvgIpc) is 3.05. The van der Waals surface area contributed by atoms with Crippen LogP contribution in [0.4, 0.5) is 5.95 Å². The summed E-state index contributed by atoms with van der Waals surface area (Å²) in [6.07, 6.45) is 1.17. The van der Waals surface area contributed by atoms with Gasteiger partial charge in [-0.05, 0) is 36.0 Å². The summed E-state index contributed by atoms with van der Waals surface area (Å²) in [6.45, 7) is 6.72. The molecule has 0 amide bonds. The van der Waals surface area contributed by atoms with Gasteiger partial charge in [0.05, 0.1) is 6.54 Å². The van der Waals surface area contributed by atoms with Crippen LogP contribution in [0.5, 0.6) is 0 Å². The number of hydrogen-bond acceptors (Lipinski definition) is 4. The summed E-state index contributed by atoms with van der Waals surface area (Å²) in [7, 11) is 3.17. The number of aromatic nitrogens is 4. The minimum Gasteiger partial charge on any atom is -0.342 e. The lowest BCUT2D eigenvalue weighted by atomic mass is 9.92. The first kappa shape index (κ1) is 19.8. The van der Waals surface area contributed by atoms with Crippen LogP contribution in [-0.2, 0) is 20.6 Å². The Morgan fingerprint density at radius 2 is 1.66 bits per heavy atom. The molecule has 0 saturated carbocycles. The highest BCUT2D eigenvalue weighted by Crippen LogP contribution is 2.28. The predicted octanol–water partition coefficient (Wildman–Crippen LogP) is 2.62. The number of hydrogen-bond donors (Lipinski definition) is 0. The number of imidazole rings is 1. The van der Waals surface area contributed by atoms with Gasteiger partial charge >= 0.3 is 5.69 Å². The molecule has 1 fully saturated rings. The maximum Gasteiger partial charge on any atom is 0.332 e. The minimum absolute atomic E-state index is 0.325. The molecule has 7 nitrogen and oxygen atoms in total. The molecule has 1 aliphatic rings. The molecule has 3 heterocycles. The highest BCUT2D eigenvalue weighted by atomic mass is 35.5. The van der Waals surface area contributed by atoms with Crippen LogP contribution in [0.2, 0.25) is 5.02 Å². The number of aryl methyl sites for hydroxylation is 1. The Morgan fingerprint density at radius 1 is 1.03 bits per heavy atom. The highest BCUT2D eigenvalue weighted by molar-refractivity contribution is 6.30. The molecule has 0 bridgehead atoms. The normalized spacial score (nSPS) is 19.8. The van der Waals surface area contributed by atoms with E-state index in [9.17, 15) is 9.59 Å². The van der Waals surface area contributed by atoms with Gasteiger partial charge in [-0.25, -0.2) is 4.79 Å². The van der Waals surface area contributed by atoms with Gasteiger partial charge in [-0.15, -0.1) is 0 Å². The Morgan fingerprint density at radius 3 is 2.28 bits per heavy atom. The monoisotopic (exact) mass is 415 g/mol. The maximum absolute atomic E-state index is 13.0. The van der Waals surface area contributed by atoms with E-state index in [-0.39, 0.29) is 11.2 Å². The molecule has 8 heteroatoms. The lowest BCUT2D eigenvalue weighted by molar-refractivity contribution is 0.352. The maximum atomic E-state index is 13.0. The van der Waals surface area contributed by atoms with Crippen molar-refractivity contribution in [1.82, 2.24) is 18.7 Å². The van der Waals surface area contributed by atoms with Crippen LogP contribution in [0.3, 0.4) is 0 Å². The van der Waals surface area contributed by atoms with E-state index in [1.54, 1.807) is 7.05 Å². The van der Waals surface area contributed by atoms with E-state index in [0.29, 0.717) is 34.6 Å². The molecule has 0 spiro atoms. The van der Waals surface area contributed by atoms with E-state index in [1.165, 1.54) is 18.0 Å². The molecule has 0 radical (unpaired) electrons. The summed E-state index contributed by atoms with van der Waals surface area (Å²) in [5.74, 6) is 1.81. The molecule has 29 heavy (non-hydrogen) atoms. The number of nitrogens with zero attached hydrogens (tertiary/aromatic N) is 5. The SMILES string of the molecule is CC1CC(C)CN(c2nc3c(c(=O)n(C)c(=O)n3C)n2Cc2ccc(Cl)cc2)C1. The van der Waals surface area contributed by atoms with Crippen LogP contribution in [0.1, 0.15) is 25.8 Å². The number of fused-ring (bicyclic) bond motifs is 1. The second-order valence-corrected chi connectivity index (χ2v) is 8.79. The third kappa shape index (κ3) is 3.48. The van der Waals surface area contributed by atoms with E-state index >= 15 is 0 Å². The quantitative estimate of drug-likeness (QED) is 0.659. The predicted molar refractivity (Wildman–Crippen MR) is 116 cm³/mol. The minimum atomic E-state index is -0.370. The Balaban J connectivity index is 1.95. The Hall–Kier alpha value is -2.54. The standard InChI is InChI=1S/C21H26ClN5O2/c1-13-9-14(2)11-26(10-13)20-23-18-17(19(28)25(4)21(29)24(18)3)27(20)12-15-5-7-16(22)8-6-15/h5-8,13-14H,9-12H2,1-4H3. The van der Waals surface area contributed by atoms with Crippen molar-refractivity contribution in [3.05, 3.63) is 55.7 Å². The molecule has 3 aromatic rings. The second kappa shape index (κ2) is 7.37. The van der Waals surface area contributed by atoms with Crippen LogP contribution in [0, 0.1) is 11.8 Å². The van der Waals surface area contributed by atoms with Gasteiger partial charge in [-0.3, -0.25) is 18.5 Å². The Kier molecular flexibility index (Phi) is 5.02. The third-order valence-corrected chi connectivity index (χ3v) is 5.99. The zero-order chi connectivity index (χ0) is 20.9. The summed E-state index contributed by atoms with van der Waals surface area (Å²) >= 11 is 6.04. The lowest BCUT2D eigenvalue weighted by Gasteiger charge is -2.35. The zero-order valence-electron chi connectivity index (χ0n) is 17.2. The van der Waals surface area contributed by atoms with Gasteiger partial charge in [0, 0.05) is 32.2 Å². The largest absolute Gasteiger partial charge is 0.342 e. The van der Waals surface area contributed by atoms with Gasteiger partial charge in [-0.2, -0.15) is 4.98 Å². The first-order valence-corrected chi connectivity index (χ1v) is 10.3. The highest BCUT2D eigenvalue weighted by Gasteiger charge is 2.28. The molecule has 1 saturated heterocycles. The van der Waals surface area contributed by atoms with Crippen molar-refractivity contribution in [2.24, 2.45) is 25.9 Å². The number of halogens is 1. The summed E-state index contributed by atoms with van der Waals surface area (Å²) in [5, 5.41) is 0.668. The Labute approximate surface area is 174 Å². The fourth-order valence-electron chi connectivity index (χ4n) is 4.42. The molecule has 2 aromatic heterocycles. The Bertz CT molecular complexity index is 1160. The fraction of sp³-hybridized carbons (Fsp3) is 0.476. The van der Waals surface area contributed by atoms with Crippen molar-refractivity contribution in [2.75, 3.05) is 18.0 Å². The molecule has 1 aromatic carbocycles. The lowest BCUT2D eigenvalue weighted by Crippen LogP contribution is -2.40.